The topological polar surface area (TPSA) is 49.8 Å². The molecule has 2 aromatic rings. The van der Waals surface area contributed by atoms with Crippen LogP contribution in [0.2, 0.25) is 5.02 Å². The minimum Gasteiger partial charge on any atom is -0.368 e. The van der Waals surface area contributed by atoms with Crippen LogP contribution in [0.25, 0.3) is 0 Å². The molecule has 2 rings (SSSR count). The molecule has 1 aromatic heterocycles. The summed E-state index contributed by atoms with van der Waals surface area (Å²) in [4.78, 5) is 8.87. The molecular formula is C16H21ClN4. The summed E-state index contributed by atoms with van der Waals surface area (Å²) < 4.78 is 0. The van der Waals surface area contributed by atoms with Crippen molar-refractivity contribution >= 4 is 23.4 Å². The van der Waals surface area contributed by atoms with E-state index >= 15 is 0 Å². The fourth-order valence-electron chi connectivity index (χ4n) is 1.99. The first-order valence-corrected chi connectivity index (χ1v) is 7.51. The van der Waals surface area contributed by atoms with E-state index < -0.39 is 0 Å². The van der Waals surface area contributed by atoms with Crippen molar-refractivity contribution in [1.82, 2.24) is 9.97 Å². The number of benzene rings is 1. The first-order chi connectivity index (χ1) is 10.0. The van der Waals surface area contributed by atoms with Gasteiger partial charge in [0.25, 0.3) is 0 Å². The Hall–Kier alpha value is -1.81. The van der Waals surface area contributed by atoms with Crippen molar-refractivity contribution in [3.8, 4) is 0 Å². The van der Waals surface area contributed by atoms with Gasteiger partial charge >= 0.3 is 0 Å². The van der Waals surface area contributed by atoms with Crippen molar-refractivity contribution in [3.05, 3.63) is 46.6 Å². The summed E-state index contributed by atoms with van der Waals surface area (Å²) in [6, 6.07) is 10.2. The van der Waals surface area contributed by atoms with E-state index in [0.29, 0.717) is 12.0 Å². The van der Waals surface area contributed by atoms with Crippen LogP contribution in [-0.2, 0) is 6.42 Å². The third-order valence-electron chi connectivity index (χ3n) is 2.90. The van der Waals surface area contributed by atoms with Crippen LogP contribution >= 0.6 is 11.6 Å². The van der Waals surface area contributed by atoms with Crippen LogP contribution in [0.5, 0.6) is 0 Å². The highest BCUT2D eigenvalue weighted by molar-refractivity contribution is 6.30. The molecule has 0 fully saturated rings. The van der Waals surface area contributed by atoms with E-state index in [-0.39, 0.29) is 0 Å². The summed E-state index contributed by atoms with van der Waals surface area (Å²) in [5.74, 6) is 1.51. The number of aryl methyl sites for hydroxylation is 1. The Kier molecular flexibility index (Phi) is 5.39. The number of nitrogens with zero attached hydrogens (tertiary/aromatic N) is 2. The molecule has 1 heterocycles. The van der Waals surface area contributed by atoms with Gasteiger partial charge in [-0.05, 0) is 44.9 Å². The molecule has 112 valence electrons. The summed E-state index contributed by atoms with van der Waals surface area (Å²) in [7, 11) is 0. The van der Waals surface area contributed by atoms with Gasteiger partial charge in [-0.2, -0.15) is 4.98 Å². The number of aromatic nitrogens is 2. The van der Waals surface area contributed by atoms with Gasteiger partial charge in [-0.15, -0.1) is 0 Å². The molecule has 0 saturated heterocycles. The lowest BCUT2D eigenvalue weighted by Gasteiger charge is -2.12. The zero-order chi connectivity index (χ0) is 15.2. The normalized spacial score (nSPS) is 10.7. The van der Waals surface area contributed by atoms with Crippen LogP contribution in [-0.4, -0.2) is 22.6 Å². The maximum Gasteiger partial charge on any atom is 0.224 e. The fraction of sp³-hybridized carbons (Fsp3) is 0.375. The second-order valence-corrected chi connectivity index (χ2v) is 5.76. The molecule has 0 aliphatic carbocycles. The van der Waals surface area contributed by atoms with Gasteiger partial charge in [-0.25, -0.2) is 4.98 Å². The minimum absolute atomic E-state index is 0.348. The Balaban J connectivity index is 1.93. The zero-order valence-electron chi connectivity index (χ0n) is 12.7. The van der Waals surface area contributed by atoms with Crippen LogP contribution < -0.4 is 10.6 Å². The van der Waals surface area contributed by atoms with E-state index in [9.17, 15) is 0 Å². The van der Waals surface area contributed by atoms with E-state index in [0.717, 1.165) is 29.5 Å². The van der Waals surface area contributed by atoms with Gasteiger partial charge in [-0.1, -0.05) is 23.7 Å². The number of hydrogen-bond acceptors (Lipinski definition) is 4. The molecule has 4 nitrogen and oxygen atoms in total. The van der Waals surface area contributed by atoms with Crippen molar-refractivity contribution in [3.63, 3.8) is 0 Å². The molecule has 0 aliphatic rings. The molecule has 0 bridgehead atoms. The Bertz CT molecular complexity index is 581. The van der Waals surface area contributed by atoms with Gasteiger partial charge in [0, 0.05) is 29.4 Å². The smallest absolute Gasteiger partial charge is 0.224 e. The third-order valence-corrected chi connectivity index (χ3v) is 3.15. The highest BCUT2D eigenvalue weighted by Crippen LogP contribution is 2.12. The van der Waals surface area contributed by atoms with Crippen LogP contribution in [0.3, 0.4) is 0 Å². The van der Waals surface area contributed by atoms with Crippen molar-refractivity contribution in [2.45, 2.75) is 33.2 Å². The Morgan fingerprint density at radius 3 is 2.52 bits per heavy atom. The SMILES string of the molecule is Cc1cc(NC(C)C)nc(NCCc2ccc(Cl)cc2)n1. The lowest BCUT2D eigenvalue weighted by Crippen LogP contribution is -2.14. The highest BCUT2D eigenvalue weighted by atomic mass is 35.5. The number of nitrogens with one attached hydrogen (secondary N) is 2. The Morgan fingerprint density at radius 1 is 1.14 bits per heavy atom. The van der Waals surface area contributed by atoms with Crippen molar-refractivity contribution in [2.75, 3.05) is 17.2 Å². The van der Waals surface area contributed by atoms with Crippen LogP contribution in [0, 0.1) is 6.92 Å². The number of hydrogen-bond donors (Lipinski definition) is 2. The molecule has 2 N–H and O–H groups in total. The maximum absolute atomic E-state index is 5.88. The number of anilines is 2. The van der Waals surface area contributed by atoms with Gasteiger partial charge in [0.05, 0.1) is 0 Å². The summed E-state index contributed by atoms with van der Waals surface area (Å²) in [6.07, 6.45) is 0.904. The second-order valence-electron chi connectivity index (χ2n) is 5.32. The van der Waals surface area contributed by atoms with Crippen LogP contribution in [0.15, 0.2) is 30.3 Å². The summed E-state index contributed by atoms with van der Waals surface area (Å²) in [5, 5.41) is 7.32. The summed E-state index contributed by atoms with van der Waals surface area (Å²) in [6.45, 7) is 6.93. The Labute approximate surface area is 131 Å². The monoisotopic (exact) mass is 304 g/mol. The predicted octanol–water partition coefficient (Wildman–Crippen LogP) is 3.91. The average Bonchev–Trinajstić information content (AvgIpc) is 2.39. The molecule has 0 saturated carbocycles. The van der Waals surface area contributed by atoms with Gasteiger partial charge in [0.15, 0.2) is 0 Å². The number of rotatable bonds is 6. The molecule has 0 spiro atoms. The summed E-state index contributed by atoms with van der Waals surface area (Å²) in [5.41, 5.74) is 2.18. The quantitative estimate of drug-likeness (QED) is 0.849. The molecule has 1 aromatic carbocycles. The van der Waals surface area contributed by atoms with E-state index in [2.05, 4.69) is 34.4 Å². The molecule has 0 unspecified atom stereocenters. The standard InChI is InChI=1S/C16H21ClN4/c1-11(2)19-15-10-12(3)20-16(21-15)18-9-8-13-4-6-14(17)7-5-13/h4-7,10-11H,8-9H2,1-3H3,(H2,18,19,20,21). The van der Waals surface area contributed by atoms with Crippen LogP contribution in [0.1, 0.15) is 25.1 Å². The fourth-order valence-corrected chi connectivity index (χ4v) is 2.11. The van der Waals surface area contributed by atoms with Crippen molar-refractivity contribution in [2.24, 2.45) is 0 Å². The zero-order valence-corrected chi connectivity index (χ0v) is 13.4. The number of halogens is 1. The maximum atomic E-state index is 5.88. The lowest BCUT2D eigenvalue weighted by atomic mass is 10.1. The minimum atomic E-state index is 0.348. The molecule has 0 atom stereocenters. The van der Waals surface area contributed by atoms with Crippen LogP contribution in [0.4, 0.5) is 11.8 Å². The van der Waals surface area contributed by atoms with Crippen molar-refractivity contribution in [1.29, 1.82) is 0 Å². The van der Waals surface area contributed by atoms with Gasteiger partial charge in [0.2, 0.25) is 5.95 Å². The van der Waals surface area contributed by atoms with E-state index in [1.54, 1.807) is 0 Å². The van der Waals surface area contributed by atoms with Gasteiger partial charge in [0.1, 0.15) is 5.82 Å². The average molecular weight is 305 g/mol. The molecule has 0 radical (unpaired) electrons. The van der Waals surface area contributed by atoms with Crippen molar-refractivity contribution < 1.29 is 0 Å². The predicted molar refractivity (Wildman–Crippen MR) is 89.2 cm³/mol. The van der Waals surface area contributed by atoms with E-state index in [1.165, 1.54) is 5.56 Å². The highest BCUT2D eigenvalue weighted by Gasteiger charge is 2.03. The van der Waals surface area contributed by atoms with Gasteiger partial charge < -0.3 is 10.6 Å². The Morgan fingerprint density at radius 2 is 1.86 bits per heavy atom. The summed E-state index contributed by atoms with van der Waals surface area (Å²) >= 11 is 5.88. The van der Waals surface area contributed by atoms with E-state index in [1.807, 2.05) is 37.3 Å². The van der Waals surface area contributed by atoms with E-state index in [4.69, 9.17) is 11.6 Å². The first kappa shape index (κ1) is 15.6. The lowest BCUT2D eigenvalue weighted by molar-refractivity contribution is 0.882. The second kappa shape index (κ2) is 7.27. The molecule has 0 aliphatic heterocycles. The molecule has 0 amide bonds. The molecule has 5 heteroatoms. The largest absolute Gasteiger partial charge is 0.368 e. The third kappa shape index (κ3) is 5.23. The van der Waals surface area contributed by atoms with Gasteiger partial charge in [-0.3, -0.25) is 0 Å². The first-order valence-electron chi connectivity index (χ1n) is 7.13. The molecular weight excluding hydrogens is 284 g/mol. The molecule has 21 heavy (non-hydrogen) atoms.